The smallest absolute Gasteiger partial charge is 0.258 e. The van der Waals surface area contributed by atoms with Gasteiger partial charge in [-0.2, -0.15) is 0 Å². The lowest BCUT2D eigenvalue weighted by Gasteiger charge is -2.37. The van der Waals surface area contributed by atoms with Crippen molar-refractivity contribution < 1.29 is 9.90 Å². The number of hydrogen-bond acceptors (Lipinski definition) is 6. The molecule has 2 aromatic heterocycles. The molecule has 2 aromatic rings. The number of aromatic nitrogens is 2. The number of aliphatic hydroxyl groups is 1. The van der Waals surface area contributed by atoms with Crippen LogP contribution in [0.3, 0.4) is 0 Å². The number of thiazole rings is 1. The molecule has 29 heavy (non-hydrogen) atoms. The number of pyridine rings is 1. The minimum Gasteiger partial charge on any atom is -0.396 e. The molecular weight excluding hydrogens is 388 g/mol. The second-order valence-corrected chi connectivity index (χ2v) is 8.49. The number of amides is 1. The fourth-order valence-corrected chi connectivity index (χ4v) is 5.47. The zero-order valence-electron chi connectivity index (χ0n) is 16.6. The van der Waals surface area contributed by atoms with Gasteiger partial charge in [0.25, 0.3) is 5.56 Å². The highest BCUT2D eigenvalue weighted by atomic mass is 32.1. The van der Waals surface area contributed by atoms with E-state index in [0.29, 0.717) is 25.2 Å². The van der Waals surface area contributed by atoms with E-state index in [9.17, 15) is 14.7 Å². The zero-order chi connectivity index (χ0) is 20.5. The summed E-state index contributed by atoms with van der Waals surface area (Å²) in [7, 11) is 0. The topological polar surface area (TPSA) is 87.5 Å². The van der Waals surface area contributed by atoms with Crippen molar-refractivity contribution in [3.63, 3.8) is 0 Å². The number of nitrogens with one attached hydrogen (secondary N) is 1. The first-order chi connectivity index (χ1) is 14.1. The fraction of sp³-hybridized carbons (Fsp3) is 0.476. The first-order valence-electron chi connectivity index (χ1n) is 9.99. The Balaban J connectivity index is 1.83. The normalized spacial score (nSPS) is 26.0. The number of rotatable bonds is 6. The number of carbonyl (C=O) groups excluding carboxylic acids is 1. The van der Waals surface area contributed by atoms with E-state index in [1.807, 2.05) is 43.5 Å². The highest BCUT2D eigenvalue weighted by Gasteiger charge is 2.55. The summed E-state index contributed by atoms with van der Waals surface area (Å²) >= 11 is 1.58. The average molecular weight is 415 g/mol. The molecule has 4 rings (SSSR count). The van der Waals surface area contributed by atoms with Crippen LogP contribution in [0.4, 0.5) is 0 Å². The van der Waals surface area contributed by atoms with Crippen molar-refractivity contribution in [2.24, 2.45) is 11.8 Å². The van der Waals surface area contributed by atoms with Crippen LogP contribution < -0.4 is 10.9 Å². The van der Waals surface area contributed by atoms with Crippen LogP contribution in [-0.2, 0) is 17.9 Å². The molecule has 0 unspecified atom stereocenters. The van der Waals surface area contributed by atoms with Crippen LogP contribution in [-0.4, -0.2) is 44.7 Å². The van der Waals surface area contributed by atoms with E-state index in [-0.39, 0.29) is 36.1 Å². The molecule has 0 aromatic carbocycles. The van der Waals surface area contributed by atoms with Crippen molar-refractivity contribution in [3.05, 3.63) is 56.4 Å². The van der Waals surface area contributed by atoms with E-state index in [1.165, 1.54) is 0 Å². The van der Waals surface area contributed by atoms with Gasteiger partial charge in [0, 0.05) is 54.5 Å². The fourth-order valence-electron chi connectivity index (χ4n) is 4.84. The molecule has 2 aliphatic heterocycles. The van der Waals surface area contributed by atoms with Crippen LogP contribution in [0.15, 0.2) is 34.6 Å². The maximum Gasteiger partial charge on any atom is 0.258 e. The van der Waals surface area contributed by atoms with Gasteiger partial charge in [0.15, 0.2) is 0 Å². The van der Waals surface area contributed by atoms with Gasteiger partial charge in [-0.15, -0.1) is 11.3 Å². The molecule has 4 heterocycles. The predicted octanol–water partition coefficient (Wildman–Crippen LogP) is 1.64. The van der Waals surface area contributed by atoms with Crippen LogP contribution in [0.2, 0.25) is 0 Å². The summed E-state index contributed by atoms with van der Waals surface area (Å²) in [6, 6.07) is 3.41. The molecule has 2 bridgehead atoms. The zero-order valence-corrected chi connectivity index (χ0v) is 17.4. The summed E-state index contributed by atoms with van der Waals surface area (Å²) in [5, 5.41) is 16.1. The molecule has 7 nitrogen and oxygen atoms in total. The van der Waals surface area contributed by atoms with Gasteiger partial charge in [-0.3, -0.25) is 14.5 Å². The average Bonchev–Trinajstić information content (AvgIpc) is 3.29. The molecule has 4 atom stereocenters. The first-order valence-corrected chi connectivity index (χ1v) is 10.9. The van der Waals surface area contributed by atoms with Gasteiger partial charge in [0.05, 0.1) is 18.5 Å². The summed E-state index contributed by atoms with van der Waals surface area (Å²) < 4.78 is 1.80. The summed E-state index contributed by atoms with van der Waals surface area (Å²) in [6.45, 7) is 5.27. The van der Waals surface area contributed by atoms with E-state index in [1.54, 1.807) is 22.1 Å². The molecule has 1 amide bonds. The lowest BCUT2D eigenvalue weighted by Crippen LogP contribution is -2.46. The molecule has 2 aliphatic rings. The largest absolute Gasteiger partial charge is 0.396 e. The Kier molecular flexibility index (Phi) is 5.67. The molecule has 2 N–H and O–H groups in total. The van der Waals surface area contributed by atoms with Crippen molar-refractivity contribution in [2.75, 3.05) is 13.2 Å². The van der Waals surface area contributed by atoms with Crippen LogP contribution in [0, 0.1) is 11.8 Å². The van der Waals surface area contributed by atoms with E-state index in [2.05, 4.69) is 15.2 Å². The Morgan fingerprint density at radius 2 is 2.28 bits per heavy atom. The molecule has 1 saturated heterocycles. The Morgan fingerprint density at radius 1 is 1.45 bits per heavy atom. The number of aliphatic hydroxyl groups excluding tert-OH is 1. The Hall–Kier alpha value is -2.29. The third-order valence-electron chi connectivity index (χ3n) is 6.00. The quantitative estimate of drug-likeness (QED) is 0.750. The Morgan fingerprint density at radius 3 is 2.93 bits per heavy atom. The molecule has 0 radical (unpaired) electrons. The van der Waals surface area contributed by atoms with Gasteiger partial charge in [0.2, 0.25) is 5.91 Å². The van der Waals surface area contributed by atoms with Crippen molar-refractivity contribution in [3.8, 4) is 0 Å². The Bertz CT molecular complexity index is 969. The lowest BCUT2D eigenvalue weighted by molar-refractivity contribution is -0.127. The van der Waals surface area contributed by atoms with Crippen molar-refractivity contribution >= 4 is 23.3 Å². The second-order valence-electron chi connectivity index (χ2n) is 7.51. The molecule has 154 valence electrons. The molecular formula is C21H26N4O3S. The van der Waals surface area contributed by atoms with Gasteiger partial charge >= 0.3 is 0 Å². The summed E-state index contributed by atoms with van der Waals surface area (Å²) in [4.78, 5) is 32.7. The van der Waals surface area contributed by atoms with E-state index >= 15 is 0 Å². The van der Waals surface area contributed by atoms with Crippen LogP contribution in [0.25, 0.3) is 6.08 Å². The number of nitrogens with zero attached hydrogens (tertiary/aromatic N) is 3. The van der Waals surface area contributed by atoms with Crippen molar-refractivity contribution in [2.45, 2.75) is 39.0 Å². The summed E-state index contributed by atoms with van der Waals surface area (Å²) in [5.74, 6) is -0.719. The Labute approximate surface area is 173 Å². The van der Waals surface area contributed by atoms with E-state index < -0.39 is 5.92 Å². The standard InChI is InChI=1S/C21H26N4O3S/c1-3-5-13-6-7-15-19-18(20(27)22-4-2)14(12-26)16(10-25(15)21(13)28)24(19)11-17-23-8-9-29-17/h3,5-9,14,16,18-19,26H,4,10-12H2,1-2H3,(H,22,27)/b5-3-/t14-,16-,18+,19+/m0/s1. The number of carbonyl (C=O) groups is 1. The maximum atomic E-state index is 13.1. The maximum absolute atomic E-state index is 13.1. The third-order valence-corrected chi connectivity index (χ3v) is 6.77. The minimum absolute atomic E-state index is 0.0438. The van der Waals surface area contributed by atoms with E-state index in [0.717, 1.165) is 10.7 Å². The molecule has 8 heteroatoms. The number of hydrogen-bond donors (Lipinski definition) is 2. The van der Waals surface area contributed by atoms with Gasteiger partial charge in [-0.25, -0.2) is 4.98 Å². The van der Waals surface area contributed by atoms with E-state index in [4.69, 9.17) is 0 Å². The number of fused-ring (bicyclic) bond motifs is 4. The van der Waals surface area contributed by atoms with Crippen LogP contribution >= 0.6 is 11.3 Å². The van der Waals surface area contributed by atoms with Gasteiger partial charge in [-0.05, 0) is 26.0 Å². The van der Waals surface area contributed by atoms with Crippen molar-refractivity contribution in [1.29, 1.82) is 0 Å². The van der Waals surface area contributed by atoms with Gasteiger partial charge < -0.3 is 15.0 Å². The predicted molar refractivity (Wildman–Crippen MR) is 112 cm³/mol. The summed E-state index contributed by atoms with van der Waals surface area (Å²) in [5.41, 5.74) is 1.43. The SMILES string of the molecule is C/C=C\c1ccc2n(c1=O)C[C@H]1[C@H](CO)[C@@H](C(=O)NCC)[C@@H]2N1Cc1nccs1. The summed E-state index contributed by atoms with van der Waals surface area (Å²) in [6.07, 6.45) is 5.44. The number of allylic oxidation sites excluding steroid dienone is 1. The van der Waals surface area contributed by atoms with Crippen molar-refractivity contribution in [1.82, 2.24) is 19.8 Å². The van der Waals surface area contributed by atoms with Gasteiger partial charge in [-0.1, -0.05) is 12.2 Å². The molecule has 0 aliphatic carbocycles. The first kappa shape index (κ1) is 20.0. The van der Waals surface area contributed by atoms with Crippen LogP contribution in [0.1, 0.15) is 36.2 Å². The van der Waals surface area contributed by atoms with Gasteiger partial charge in [0.1, 0.15) is 5.01 Å². The molecule has 1 fully saturated rings. The third kappa shape index (κ3) is 3.35. The second kappa shape index (κ2) is 8.22. The monoisotopic (exact) mass is 414 g/mol. The highest BCUT2D eigenvalue weighted by molar-refractivity contribution is 7.09. The minimum atomic E-state index is -0.411. The molecule has 0 saturated carbocycles. The van der Waals surface area contributed by atoms with Crippen LogP contribution in [0.5, 0.6) is 0 Å². The highest BCUT2D eigenvalue weighted by Crippen LogP contribution is 2.49. The lowest BCUT2D eigenvalue weighted by atomic mass is 9.86. The molecule has 0 spiro atoms.